The lowest BCUT2D eigenvalue weighted by Crippen LogP contribution is -2.54. The summed E-state index contributed by atoms with van der Waals surface area (Å²) in [5.74, 6) is 5.36. The highest BCUT2D eigenvalue weighted by Crippen LogP contribution is 2.15. The molecule has 0 saturated carbocycles. The first-order valence-corrected chi connectivity index (χ1v) is 7.25. The summed E-state index contributed by atoms with van der Waals surface area (Å²) in [7, 11) is 4.22. The number of rotatable bonds is 4. The molecule has 2 rings (SSSR count). The highest BCUT2D eigenvalue weighted by molar-refractivity contribution is 5.94. The Kier molecular flexibility index (Phi) is 5.17. The molecule has 6 nitrogen and oxygen atoms in total. The van der Waals surface area contributed by atoms with Crippen LogP contribution in [0.4, 0.5) is 5.69 Å². The Bertz CT molecular complexity index is 505. The SMILES string of the molecule is Cc1cc(C(=O)NCC2CN(C)CCN2C)ccc1NN. The van der Waals surface area contributed by atoms with Crippen molar-refractivity contribution in [3.63, 3.8) is 0 Å². The van der Waals surface area contributed by atoms with Gasteiger partial charge in [0.2, 0.25) is 0 Å². The zero-order valence-electron chi connectivity index (χ0n) is 13.0. The topological polar surface area (TPSA) is 73.6 Å². The van der Waals surface area contributed by atoms with E-state index in [4.69, 9.17) is 5.84 Å². The Morgan fingerprint density at radius 3 is 2.81 bits per heavy atom. The van der Waals surface area contributed by atoms with Crippen LogP contribution >= 0.6 is 0 Å². The van der Waals surface area contributed by atoms with Gasteiger partial charge in [0.05, 0.1) is 5.69 Å². The molecule has 116 valence electrons. The molecule has 0 radical (unpaired) electrons. The van der Waals surface area contributed by atoms with Crippen molar-refractivity contribution >= 4 is 11.6 Å². The minimum absolute atomic E-state index is 0.0386. The quantitative estimate of drug-likeness (QED) is 0.548. The summed E-state index contributed by atoms with van der Waals surface area (Å²) in [6, 6.07) is 5.82. The Morgan fingerprint density at radius 1 is 1.38 bits per heavy atom. The molecule has 0 spiro atoms. The van der Waals surface area contributed by atoms with Crippen molar-refractivity contribution in [2.24, 2.45) is 5.84 Å². The van der Waals surface area contributed by atoms with Gasteiger partial charge in [-0.15, -0.1) is 0 Å². The molecule has 1 saturated heterocycles. The predicted molar refractivity (Wildman–Crippen MR) is 85.2 cm³/mol. The zero-order chi connectivity index (χ0) is 15.4. The molecule has 1 heterocycles. The predicted octanol–water partition coefficient (Wildman–Crippen LogP) is 0.256. The lowest BCUT2D eigenvalue weighted by molar-refractivity contribution is 0.0881. The van der Waals surface area contributed by atoms with Crippen molar-refractivity contribution in [3.05, 3.63) is 29.3 Å². The standard InChI is InChI=1S/C15H25N5O/c1-11-8-12(4-5-14(11)18-16)15(21)17-9-13-10-19(2)6-7-20(13)3/h4-5,8,13,18H,6-7,9-10,16H2,1-3H3,(H,17,21). The summed E-state index contributed by atoms with van der Waals surface area (Å²) < 4.78 is 0. The molecule has 1 amide bonds. The van der Waals surface area contributed by atoms with Gasteiger partial charge in [0.25, 0.3) is 5.91 Å². The normalized spacial score (nSPS) is 20.3. The number of aryl methyl sites for hydroxylation is 1. The largest absolute Gasteiger partial charge is 0.350 e. The van der Waals surface area contributed by atoms with Gasteiger partial charge in [-0.3, -0.25) is 15.5 Å². The van der Waals surface area contributed by atoms with Gasteiger partial charge in [0.15, 0.2) is 0 Å². The lowest BCUT2D eigenvalue weighted by atomic mass is 10.1. The van der Waals surface area contributed by atoms with Crippen LogP contribution in [0.3, 0.4) is 0 Å². The van der Waals surface area contributed by atoms with Crippen LogP contribution in [0.15, 0.2) is 18.2 Å². The summed E-state index contributed by atoms with van der Waals surface area (Å²) >= 11 is 0. The summed E-state index contributed by atoms with van der Waals surface area (Å²) in [5.41, 5.74) is 5.07. The second kappa shape index (κ2) is 6.89. The van der Waals surface area contributed by atoms with E-state index in [1.807, 2.05) is 19.1 Å². The van der Waals surface area contributed by atoms with Crippen LogP contribution in [0.25, 0.3) is 0 Å². The van der Waals surface area contributed by atoms with Gasteiger partial charge in [-0.1, -0.05) is 0 Å². The maximum Gasteiger partial charge on any atom is 0.251 e. The molecule has 0 aromatic heterocycles. The summed E-state index contributed by atoms with van der Waals surface area (Å²) in [6.45, 7) is 5.68. The molecule has 21 heavy (non-hydrogen) atoms. The molecule has 0 aliphatic carbocycles. The third-order valence-corrected chi connectivity index (χ3v) is 4.12. The summed E-state index contributed by atoms with van der Waals surface area (Å²) in [4.78, 5) is 16.8. The second-order valence-corrected chi connectivity index (χ2v) is 5.78. The van der Waals surface area contributed by atoms with Crippen molar-refractivity contribution in [1.29, 1.82) is 0 Å². The van der Waals surface area contributed by atoms with Gasteiger partial charge in [-0.2, -0.15) is 0 Å². The number of likely N-dealkylation sites (N-methyl/N-ethyl adjacent to an activating group) is 2. The maximum atomic E-state index is 12.2. The van der Waals surface area contributed by atoms with E-state index in [9.17, 15) is 4.79 Å². The van der Waals surface area contributed by atoms with Crippen LogP contribution in [-0.2, 0) is 0 Å². The van der Waals surface area contributed by atoms with Gasteiger partial charge in [0, 0.05) is 37.8 Å². The van der Waals surface area contributed by atoms with Crippen LogP contribution < -0.4 is 16.6 Å². The Labute approximate surface area is 126 Å². The Balaban J connectivity index is 1.93. The minimum Gasteiger partial charge on any atom is -0.350 e. The average Bonchev–Trinajstić information content (AvgIpc) is 2.47. The summed E-state index contributed by atoms with van der Waals surface area (Å²) in [6.07, 6.45) is 0. The highest BCUT2D eigenvalue weighted by atomic mass is 16.1. The van der Waals surface area contributed by atoms with E-state index < -0.39 is 0 Å². The number of anilines is 1. The number of benzene rings is 1. The van der Waals surface area contributed by atoms with Gasteiger partial charge in [0.1, 0.15) is 0 Å². The molecule has 1 aliphatic rings. The number of hydrazine groups is 1. The van der Waals surface area contributed by atoms with Crippen molar-refractivity contribution in [3.8, 4) is 0 Å². The fourth-order valence-electron chi connectivity index (χ4n) is 2.60. The van der Waals surface area contributed by atoms with E-state index in [-0.39, 0.29) is 5.91 Å². The smallest absolute Gasteiger partial charge is 0.251 e. The van der Waals surface area contributed by atoms with Crippen LogP contribution in [-0.4, -0.2) is 62.0 Å². The van der Waals surface area contributed by atoms with Crippen LogP contribution in [0.2, 0.25) is 0 Å². The molecule has 1 aromatic rings. The number of hydrogen-bond donors (Lipinski definition) is 3. The number of carbonyl (C=O) groups excluding carboxylic acids is 1. The van der Waals surface area contributed by atoms with Crippen LogP contribution in [0.5, 0.6) is 0 Å². The number of hydrogen-bond acceptors (Lipinski definition) is 5. The highest BCUT2D eigenvalue weighted by Gasteiger charge is 2.22. The number of piperazine rings is 1. The number of nitrogens with one attached hydrogen (secondary N) is 2. The fraction of sp³-hybridized carbons (Fsp3) is 0.533. The van der Waals surface area contributed by atoms with E-state index in [0.717, 1.165) is 30.9 Å². The number of nitrogens with zero attached hydrogens (tertiary/aromatic N) is 2. The number of carbonyl (C=O) groups is 1. The van der Waals surface area contributed by atoms with E-state index in [1.165, 1.54) is 0 Å². The molecule has 0 bridgehead atoms. The molecular weight excluding hydrogens is 266 g/mol. The maximum absolute atomic E-state index is 12.2. The van der Waals surface area contributed by atoms with E-state index >= 15 is 0 Å². The molecule has 4 N–H and O–H groups in total. The van der Waals surface area contributed by atoms with Gasteiger partial charge >= 0.3 is 0 Å². The molecule has 1 atom stereocenters. The summed E-state index contributed by atoms with van der Waals surface area (Å²) in [5, 5.41) is 3.03. The van der Waals surface area contributed by atoms with Crippen LogP contribution in [0.1, 0.15) is 15.9 Å². The first-order chi connectivity index (χ1) is 10.0. The van der Waals surface area contributed by atoms with E-state index in [0.29, 0.717) is 18.2 Å². The van der Waals surface area contributed by atoms with Crippen molar-refractivity contribution in [1.82, 2.24) is 15.1 Å². The first-order valence-electron chi connectivity index (χ1n) is 7.25. The Morgan fingerprint density at radius 2 is 2.14 bits per heavy atom. The van der Waals surface area contributed by atoms with Crippen molar-refractivity contribution in [2.75, 3.05) is 45.7 Å². The molecule has 1 fully saturated rings. The third-order valence-electron chi connectivity index (χ3n) is 4.12. The number of nitrogens with two attached hydrogens (primary N) is 1. The molecule has 1 aromatic carbocycles. The molecular formula is C15H25N5O. The van der Waals surface area contributed by atoms with Crippen molar-refractivity contribution < 1.29 is 4.79 Å². The monoisotopic (exact) mass is 291 g/mol. The van der Waals surface area contributed by atoms with E-state index in [2.05, 4.69) is 34.6 Å². The fourth-order valence-corrected chi connectivity index (χ4v) is 2.60. The van der Waals surface area contributed by atoms with Gasteiger partial charge in [-0.05, 0) is 44.8 Å². The van der Waals surface area contributed by atoms with Gasteiger partial charge < -0.3 is 15.6 Å². The van der Waals surface area contributed by atoms with Crippen LogP contribution in [0, 0.1) is 6.92 Å². The molecule has 6 heteroatoms. The second-order valence-electron chi connectivity index (χ2n) is 5.78. The number of nitrogen functional groups attached to an aromatic ring is 1. The third kappa shape index (κ3) is 3.93. The zero-order valence-corrected chi connectivity index (χ0v) is 13.0. The van der Waals surface area contributed by atoms with E-state index in [1.54, 1.807) is 6.07 Å². The first kappa shape index (κ1) is 15.8. The Hall–Kier alpha value is -1.63. The molecule has 1 aliphatic heterocycles. The number of amides is 1. The molecule has 1 unspecified atom stereocenters. The lowest BCUT2D eigenvalue weighted by Gasteiger charge is -2.37. The van der Waals surface area contributed by atoms with Crippen molar-refractivity contribution in [2.45, 2.75) is 13.0 Å². The average molecular weight is 291 g/mol. The van der Waals surface area contributed by atoms with Gasteiger partial charge in [-0.25, -0.2) is 0 Å². The minimum atomic E-state index is -0.0386.